The van der Waals surface area contributed by atoms with Crippen molar-refractivity contribution >= 4 is 16.5 Å². The van der Waals surface area contributed by atoms with Crippen molar-refractivity contribution in [1.82, 2.24) is 4.57 Å². The Hall–Kier alpha value is -3.10. The summed E-state index contributed by atoms with van der Waals surface area (Å²) in [4.78, 5) is 11.0. The first-order chi connectivity index (χ1) is 13.8. The average Bonchev–Trinajstić information content (AvgIpc) is 3.26. The van der Waals surface area contributed by atoms with Crippen LogP contribution in [0.3, 0.4) is 0 Å². The monoisotopic (exact) mass is 396 g/mol. The first-order valence-electron chi connectivity index (χ1n) is 9.48. The molecule has 3 aromatic rings. The van der Waals surface area contributed by atoms with E-state index in [1.165, 1.54) is 16.7 Å². The number of nitro groups is 1. The van der Waals surface area contributed by atoms with Crippen LogP contribution in [0.25, 0.3) is 16.5 Å². The minimum Gasteiger partial charge on any atom is -0.494 e. The molecule has 8 heteroatoms. The van der Waals surface area contributed by atoms with Crippen molar-refractivity contribution in [1.29, 1.82) is 0 Å². The lowest BCUT2D eigenvalue weighted by atomic mass is 9.78. The Labute approximate surface area is 165 Å². The van der Waals surface area contributed by atoms with Crippen molar-refractivity contribution < 1.29 is 25.0 Å². The number of ether oxygens (including phenoxy) is 1. The van der Waals surface area contributed by atoms with Gasteiger partial charge in [0.1, 0.15) is 5.60 Å². The molecule has 150 valence electrons. The smallest absolute Gasteiger partial charge is 0.277 e. The Morgan fingerprint density at radius 1 is 1.10 bits per heavy atom. The number of rotatable bonds is 4. The topological polar surface area (TPSA) is 118 Å². The van der Waals surface area contributed by atoms with Gasteiger partial charge in [-0.1, -0.05) is 18.2 Å². The lowest BCUT2D eigenvalue weighted by molar-refractivity contribution is -0.383. The van der Waals surface area contributed by atoms with Gasteiger partial charge in [-0.2, -0.15) is 0 Å². The highest BCUT2D eigenvalue weighted by Crippen LogP contribution is 2.65. The van der Waals surface area contributed by atoms with E-state index in [9.17, 15) is 25.4 Å². The zero-order valence-electron chi connectivity index (χ0n) is 15.8. The van der Waals surface area contributed by atoms with Crippen LogP contribution in [0.15, 0.2) is 36.4 Å². The van der Waals surface area contributed by atoms with E-state index in [0.29, 0.717) is 46.8 Å². The van der Waals surface area contributed by atoms with Crippen LogP contribution in [0.4, 0.5) is 5.69 Å². The molecule has 2 aromatic carbocycles. The summed E-state index contributed by atoms with van der Waals surface area (Å²) in [6, 6.07) is 9.72. The second-order valence-electron chi connectivity index (χ2n) is 7.94. The van der Waals surface area contributed by atoms with E-state index in [-0.39, 0.29) is 24.1 Å². The van der Waals surface area contributed by atoms with Crippen molar-refractivity contribution in [2.75, 3.05) is 6.61 Å². The molecule has 2 aliphatic heterocycles. The minimum absolute atomic E-state index is 0.0462. The third-order valence-corrected chi connectivity index (χ3v) is 6.36. The predicted octanol–water partition coefficient (Wildman–Crippen LogP) is 3.57. The van der Waals surface area contributed by atoms with Gasteiger partial charge in [-0.05, 0) is 31.9 Å². The molecule has 29 heavy (non-hydrogen) atoms. The van der Waals surface area contributed by atoms with E-state index < -0.39 is 16.1 Å². The fourth-order valence-corrected chi connectivity index (χ4v) is 5.14. The Balaban J connectivity index is 1.82. The summed E-state index contributed by atoms with van der Waals surface area (Å²) in [7, 11) is 0. The third kappa shape index (κ3) is 2.15. The maximum absolute atomic E-state index is 11.4. The van der Waals surface area contributed by atoms with Crippen LogP contribution in [-0.4, -0.2) is 31.4 Å². The number of aromatic hydroxyl groups is 2. The van der Waals surface area contributed by atoms with Crippen LogP contribution in [-0.2, 0) is 15.9 Å². The highest BCUT2D eigenvalue weighted by Gasteiger charge is 2.61. The van der Waals surface area contributed by atoms with Gasteiger partial charge < -0.3 is 20.1 Å². The van der Waals surface area contributed by atoms with Crippen molar-refractivity contribution in [3.8, 4) is 17.4 Å². The van der Waals surface area contributed by atoms with Crippen LogP contribution in [0.5, 0.6) is 11.8 Å². The van der Waals surface area contributed by atoms with Crippen molar-refractivity contribution in [2.24, 2.45) is 0 Å². The molecule has 0 amide bonds. The number of aliphatic hydroxyl groups excluding tert-OH is 1. The average molecular weight is 396 g/mol. The molecule has 0 saturated carbocycles. The Morgan fingerprint density at radius 2 is 1.79 bits per heavy atom. The van der Waals surface area contributed by atoms with Gasteiger partial charge in [0.15, 0.2) is 0 Å². The van der Waals surface area contributed by atoms with Gasteiger partial charge in [0.05, 0.1) is 32.7 Å². The molecule has 3 N–H and O–H groups in total. The second kappa shape index (κ2) is 5.71. The van der Waals surface area contributed by atoms with E-state index in [1.807, 2.05) is 6.92 Å². The largest absolute Gasteiger partial charge is 0.494 e. The number of fused-ring (bicyclic) bond motifs is 6. The summed E-state index contributed by atoms with van der Waals surface area (Å²) in [5, 5.41) is 44.2. The van der Waals surface area contributed by atoms with E-state index in [1.54, 1.807) is 24.3 Å². The number of nitro benzene ring substituents is 1. The molecule has 1 fully saturated rings. The van der Waals surface area contributed by atoms with Crippen LogP contribution >= 0.6 is 0 Å². The summed E-state index contributed by atoms with van der Waals surface area (Å²) in [5.74, 6) is -0.299. The van der Waals surface area contributed by atoms with Crippen molar-refractivity contribution in [2.45, 2.75) is 37.4 Å². The molecule has 3 heterocycles. The molecule has 0 unspecified atom stereocenters. The lowest BCUT2D eigenvalue weighted by Gasteiger charge is -2.25. The highest BCUT2D eigenvalue weighted by atomic mass is 16.6. The molecule has 0 aliphatic carbocycles. The number of hydrogen-bond donors (Lipinski definition) is 3. The van der Waals surface area contributed by atoms with Gasteiger partial charge in [0.2, 0.25) is 11.8 Å². The maximum atomic E-state index is 11.4. The van der Waals surface area contributed by atoms with Gasteiger partial charge in [0.25, 0.3) is 5.69 Å². The number of nitrogens with zero attached hydrogens (tertiary/aromatic N) is 2. The predicted molar refractivity (Wildman–Crippen MR) is 104 cm³/mol. The van der Waals surface area contributed by atoms with E-state index in [4.69, 9.17) is 4.74 Å². The fourth-order valence-electron chi connectivity index (χ4n) is 5.14. The normalized spacial score (nSPS) is 24.9. The standard InChI is InChI=1S/C21H20N2O6/c1-20-8-9-21(29-20,10-11-24)17-16(20)18(25)22(19(17)26)14-6-7-15(23(27)28)13-5-3-2-4-12(13)14/h2-7,24-26H,8-11H2,1H3/t20-,21-/m1/s1. The molecular weight excluding hydrogens is 376 g/mol. The van der Waals surface area contributed by atoms with Gasteiger partial charge in [-0.3, -0.25) is 14.7 Å². The first-order valence-corrected chi connectivity index (χ1v) is 9.48. The second-order valence-corrected chi connectivity index (χ2v) is 7.94. The molecule has 1 saturated heterocycles. The Bertz CT molecular complexity index is 1180. The Kier molecular flexibility index (Phi) is 3.54. The van der Waals surface area contributed by atoms with Crippen LogP contribution < -0.4 is 0 Å². The Morgan fingerprint density at radius 3 is 2.48 bits per heavy atom. The molecule has 1 aromatic heterocycles. The SMILES string of the molecule is C[C@]12CC[C@](CCO)(O1)c1c2c(O)n(-c2ccc([N+](=O)[O-])c3ccccc23)c1O. The summed E-state index contributed by atoms with van der Waals surface area (Å²) in [5.41, 5.74) is -0.180. The summed E-state index contributed by atoms with van der Waals surface area (Å²) < 4.78 is 7.53. The van der Waals surface area contributed by atoms with Gasteiger partial charge >= 0.3 is 0 Å². The molecule has 0 radical (unpaired) electrons. The number of benzene rings is 2. The van der Waals surface area contributed by atoms with Crippen LogP contribution in [0, 0.1) is 10.1 Å². The maximum Gasteiger partial charge on any atom is 0.277 e. The molecule has 2 aliphatic rings. The quantitative estimate of drug-likeness (QED) is 0.458. The van der Waals surface area contributed by atoms with Crippen LogP contribution in [0.1, 0.15) is 37.3 Å². The van der Waals surface area contributed by atoms with Gasteiger partial charge in [0, 0.05) is 24.5 Å². The third-order valence-electron chi connectivity index (χ3n) is 6.36. The minimum atomic E-state index is -0.845. The highest BCUT2D eigenvalue weighted by molar-refractivity contribution is 5.97. The molecule has 8 nitrogen and oxygen atoms in total. The zero-order valence-corrected chi connectivity index (χ0v) is 15.8. The number of hydrogen-bond acceptors (Lipinski definition) is 6. The van der Waals surface area contributed by atoms with Crippen molar-refractivity contribution in [3.63, 3.8) is 0 Å². The van der Waals surface area contributed by atoms with Crippen molar-refractivity contribution in [3.05, 3.63) is 57.6 Å². The number of aromatic nitrogens is 1. The van der Waals surface area contributed by atoms with E-state index in [2.05, 4.69) is 0 Å². The molecule has 0 spiro atoms. The van der Waals surface area contributed by atoms with Gasteiger partial charge in [-0.25, -0.2) is 0 Å². The molecule has 2 atom stereocenters. The first kappa shape index (κ1) is 18.0. The number of aliphatic hydroxyl groups is 1. The van der Waals surface area contributed by atoms with Gasteiger partial charge in [-0.15, -0.1) is 0 Å². The summed E-state index contributed by atoms with van der Waals surface area (Å²) in [6.07, 6.45) is 1.61. The molecule has 2 bridgehead atoms. The molecular formula is C21H20N2O6. The molecule has 5 rings (SSSR count). The van der Waals surface area contributed by atoms with Crippen LogP contribution in [0.2, 0.25) is 0 Å². The number of non-ortho nitro benzene ring substituents is 1. The summed E-state index contributed by atoms with van der Waals surface area (Å²) >= 11 is 0. The zero-order chi connectivity index (χ0) is 20.6. The summed E-state index contributed by atoms with van der Waals surface area (Å²) in [6.45, 7) is 1.76. The van der Waals surface area contributed by atoms with E-state index in [0.717, 1.165) is 0 Å². The lowest BCUT2D eigenvalue weighted by Crippen LogP contribution is -2.24. The van der Waals surface area contributed by atoms with E-state index >= 15 is 0 Å². The fraction of sp³-hybridized carbons (Fsp3) is 0.333.